The van der Waals surface area contributed by atoms with Crippen LogP contribution in [0, 0.1) is 6.92 Å². The number of amides is 2. The van der Waals surface area contributed by atoms with Gasteiger partial charge in [0.05, 0.1) is 25.8 Å². The van der Waals surface area contributed by atoms with Gasteiger partial charge in [0.15, 0.2) is 0 Å². The minimum Gasteiger partial charge on any atom is -0.462 e. The number of nitrogens with zero attached hydrogens (tertiary/aromatic N) is 4. The van der Waals surface area contributed by atoms with E-state index < -0.39 is 5.97 Å². The van der Waals surface area contributed by atoms with Crippen molar-refractivity contribution in [3.63, 3.8) is 0 Å². The molecule has 0 radical (unpaired) electrons. The lowest BCUT2D eigenvalue weighted by molar-refractivity contribution is -0.132. The summed E-state index contributed by atoms with van der Waals surface area (Å²) in [5, 5.41) is 6.79. The van der Waals surface area contributed by atoms with Crippen LogP contribution in [0.2, 0.25) is 0 Å². The van der Waals surface area contributed by atoms with E-state index in [9.17, 15) is 14.4 Å². The van der Waals surface area contributed by atoms with Crippen molar-refractivity contribution >= 4 is 23.6 Å². The van der Waals surface area contributed by atoms with Crippen LogP contribution in [0.4, 0.5) is 5.82 Å². The molecule has 1 aliphatic heterocycles. The predicted octanol–water partition coefficient (Wildman–Crippen LogP) is 1.23. The molecule has 1 fully saturated rings. The standard InChI is InChI=1S/C22H29N5O4/c1-4-31-22(30)18-14-23-25(3)21(18)24-19(28)15-26-9-11-27(12-10-26)20(29)13-17-8-6-5-7-16(17)2/h5-8,14H,4,9-13,15H2,1-3H3,(H,24,28). The normalized spacial score (nSPS) is 14.4. The summed E-state index contributed by atoms with van der Waals surface area (Å²) in [6.45, 7) is 6.54. The summed E-state index contributed by atoms with van der Waals surface area (Å²) in [6, 6.07) is 7.90. The number of hydrogen-bond acceptors (Lipinski definition) is 6. The number of carbonyl (C=O) groups is 3. The molecule has 0 spiro atoms. The predicted molar refractivity (Wildman–Crippen MR) is 116 cm³/mol. The smallest absolute Gasteiger partial charge is 0.343 e. The first-order valence-electron chi connectivity index (χ1n) is 10.4. The SMILES string of the molecule is CCOC(=O)c1cnn(C)c1NC(=O)CN1CCN(C(=O)Cc2ccccc2C)CC1. The maximum Gasteiger partial charge on any atom is 0.343 e. The van der Waals surface area contributed by atoms with Crippen molar-refractivity contribution in [2.24, 2.45) is 7.05 Å². The van der Waals surface area contributed by atoms with Gasteiger partial charge < -0.3 is 15.0 Å². The number of rotatable bonds is 7. The molecule has 1 N–H and O–H groups in total. The third-order valence-electron chi connectivity index (χ3n) is 5.39. The molecule has 2 aromatic rings. The van der Waals surface area contributed by atoms with Crippen LogP contribution in [-0.2, 0) is 27.8 Å². The van der Waals surface area contributed by atoms with Crippen LogP contribution in [0.15, 0.2) is 30.5 Å². The summed E-state index contributed by atoms with van der Waals surface area (Å²) in [4.78, 5) is 41.0. The van der Waals surface area contributed by atoms with Crippen molar-refractivity contribution in [2.75, 3.05) is 44.6 Å². The molecule has 3 rings (SSSR count). The summed E-state index contributed by atoms with van der Waals surface area (Å²) in [5.41, 5.74) is 2.38. The third kappa shape index (κ3) is 5.69. The molecular formula is C22H29N5O4. The van der Waals surface area contributed by atoms with Crippen LogP contribution >= 0.6 is 0 Å². The topological polar surface area (TPSA) is 96.8 Å². The lowest BCUT2D eigenvalue weighted by Gasteiger charge is -2.34. The molecule has 1 aromatic carbocycles. The summed E-state index contributed by atoms with van der Waals surface area (Å²) in [6.07, 6.45) is 1.77. The molecular weight excluding hydrogens is 398 g/mol. The monoisotopic (exact) mass is 427 g/mol. The van der Waals surface area contributed by atoms with Crippen LogP contribution in [0.25, 0.3) is 0 Å². The number of anilines is 1. The molecule has 2 amide bonds. The van der Waals surface area contributed by atoms with E-state index in [-0.39, 0.29) is 30.5 Å². The second kappa shape index (κ2) is 10.2. The zero-order valence-corrected chi connectivity index (χ0v) is 18.3. The van der Waals surface area contributed by atoms with Crippen molar-refractivity contribution in [1.82, 2.24) is 19.6 Å². The van der Waals surface area contributed by atoms with E-state index in [2.05, 4.69) is 10.4 Å². The van der Waals surface area contributed by atoms with E-state index in [1.807, 2.05) is 41.0 Å². The molecule has 0 saturated carbocycles. The highest BCUT2D eigenvalue weighted by molar-refractivity contribution is 6.00. The van der Waals surface area contributed by atoms with Crippen LogP contribution in [-0.4, -0.2) is 76.7 Å². The number of aryl methyl sites for hydroxylation is 2. The number of piperazine rings is 1. The van der Waals surface area contributed by atoms with Crippen LogP contribution in [0.1, 0.15) is 28.4 Å². The van der Waals surface area contributed by atoms with E-state index >= 15 is 0 Å². The van der Waals surface area contributed by atoms with Crippen LogP contribution in [0.3, 0.4) is 0 Å². The number of benzene rings is 1. The van der Waals surface area contributed by atoms with Gasteiger partial charge in [0.25, 0.3) is 0 Å². The second-order valence-electron chi connectivity index (χ2n) is 7.56. The van der Waals surface area contributed by atoms with Gasteiger partial charge in [0.2, 0.25) is 11.8 Å². The highest BCUT2D eigenvalue weighted by Crippen LogP contribution is 2.16. The molecule has 1 aliphatic rings. The Morgan fingerprint density at radius 3 is 2.52 bits per heavy atom. The number of hydrogen-bond donors (Lipinski definition) is 1. The number of esters is 1. The Kier molecular flexibility index (Phi) is 7.41. The molecule has 1 saturated heterocycles. The summed E-state index contributed by atoms with van der Waals surface area (Å²) in [7, 11) is 1.65. The molecule has 0 atom stereocenters. The van der Waals surface area contributed by atoms with Crippen molar-refractivity contribution < 1.29 is 19.1 Å². The van der Waals surface area contributed by atoms with Gasteiger partial charge in [-0.25, -0.2) is 4.79 Å². The molecule has 9 heteroatoms. The third-order valence-corrected chi connectivity index (χ3v) is 5.39. The fourth-order valence-corrected chi connectivity index (χ4v) is 3.56. The minimum absolute atomic E-state index is 0.104. The molecule has 31 heavy (non-hydrogen) atoms. The largest absolute Gasteiger partial charge is 0.462 e. The fraction of sp³-hybridized carbons (Fsp3) is 0.455. The average molecular weight is 428 g/mol. The van der Waals surface area contributed by atoms with Gasteiger partial charge in [-0.3, -0.25) is 19.2 Å². The first kappa shape index (κ1) is 22.5. The van der Waals surface area contributed by atoms with Gasteiger partial charge in [0.1, 0.15) is 11.4 Å². The quantitative estimate of drug-likeness (QED) is 0.668. The van der Waals surface area contributed by atoms with E-state index in [1.165, 1.54) is 10.9 Å². The Labute approximate surface area is 182 Å². The summed E-state index contributed by atoms with van der Waals surface area (Å²) >= 11 is 0. The van der Waals surface area contributed by atoms with E-state index in [0.29, 0.717) is 38.4 Å². The van der Waals surface area contributed by atoms with Crippen molar-refractivity contribution in [2.45, 2.75) is 20.3 Å². The first-order chi connectivity index (χ1) is 14.9. The van der Waals surface area contributed by atoms with Gasteiger partial charge in [-0.05, 0) is 25.0 Å². The number of carbonyl (C=O) groups excluding carboxylic acids is 3. The molecule has 0 aliphatic carbocycles. The Morgan fingerprint density at radius 1 is 1.13 bits per heavy atom. The Hall–Kier alpha value is -3.20. The van der Waals surface area contributed by atoms with Gasteiger partial charge in [-0.2, -0.15) is 5.10 Å². The number of nitrogens with one attached hydrogen (secondary N) is 1. The van der Waals surface area contributed by atoms with E-state index in [0.717, 1.165) is 11.1 Å². The highest BCUT2D eigenvalue weighted by atomic mass is 16.5. The maximum atomic E-state index is 12.6. The Bertz CT molecular complexity index is 947. The number of aromatic nitrogens is 2. The lowest BCUT2D eigenvalue weighted by atomic mass is 10.1. The molecule has 1 aromatic heterocycles. The fourth-order valence-electron chi connectivity index (χ4n) is 3.56. The molecule has 0 bridgehead atoms. The van der Waals surface area contributed by atoms with Crippen LogP contribution < -0.4 is 5.32 Å². The molecule has 166 valence electrons. The van der Waals surface area contributed by atoms with Gasteiger partial charge >= 0.3 is 5.97 Å². The van der Waals surface area contributed by atoms with Gasteiger partial charge in [-0.1, -0.05) is 24.3 Å². The first-order valence-corrected chi connectivity index (χ1v) is 10.4. The zero-order chi connectivity index (χ0) is 22.4. The maximum absolute atomic E-state index is 12.6. The molecule has 0 unspecified atom stereocenters. The minimum atomic E-state index is -0.522. The van der Waals surface area contributed by atoms with Crippen molar-refractivity contribution in [3.05, 3.63) is 47.2 Å². The summed E-state index contributed by atoms with van der Waals surface area (Å²) < 4.78 is 6.44. The Morgan fingerprint density at radius 2 is 1.84 bits per heavy atom. The zero-order valence-electron chi connectivity index (χ0n) is 18.3. The lowest BCUT2D eigenvalue weighted by Crippen LogP contribution is -2.50. The van der Waals surface area contributed by atoms with Gasteiger partial charge in [0, 0.05) is 33.2 Å². The van der Waals surface area contributed by atoms with E-state index in [1.54, 1.807) is 14.0 Å². The summed E-state index contributed by atoms with van der Waals surface area (Å²) in [5.74, 6) is -0.344. The van der Waals surface area contributed by atoms with Crippen LogP contribution in [0.5, 0.6) is 0 Å². The average Bonchev–Trinajstić information content (AvgIpc) is 3.10. The van der Waals surface area contributed by atoms with Gasteiger partial charge in [-0.15, -0.1) is 0 Å². The highest BCUT2D eigenvalue weighted by Gasteiger charge is 2.24. The van der Waals surface area contributed by atoms with Crippen molar-refractivity contribution in [3.8, 4) is 0 Å². The van der Waals surface area contributed by atoms with E-state index in [4.69, 9.17) is 4.74 Å². The Balaban J connectivity index is 1.49. The molecule has 9 nitrogen and oxygen atoms in total. The second-order valence-corrected chi connectivity index (χ2v) is 7.56. The molecule has 2 heterocycles. The number of ether oxygens (including phenoxy) is 1. The van der Waals surface area contributed by atoms with Crippen molar-refractivity contribution in [1.29, 1.82) is 0 Å².